The Morgan fingerprint density at radius 2 is 1.97 bits per heavy atom. The van der Waals surface area contributed by atoms with E-state index in [1.165, 1.54) is 17.5 Å². The lowest BCUT2D eigenvalue weighted by Crippen LogP contribution is -2.23. The predicted octanol–water partition coefficient (Wildman–Crippen LogP) is 4.17. The van der Waals surface area contributed by atoms with Gasteiger partial charge in [0.15, 0.2) is 5.78 Å². The number of aliphatic imine (C=N–C) groups is 1. The zero-order chi connectivity index (χ0) is 21.1. The molecular weight excluding hydrogens is 420 g/mol. The molecule has 0 atom stereocenters. The summed E-state index contributed by atoms with van der Waals surface area (Å²) in [5, 5.41) is 5.04. The van der Waals surface area contributed by atoms with E-state index >= 15 is 0 Å². The first-order chi connectivity index (χ1) is 14.5. The molecule has 1 aromatic carbocycles. The van der Waals surface area contributed by atoms with Crippen LogP contribution in [-0.2, 0) is 6.42 Å². The number of anilines is 1. The van der Waals surface area contributed by atoms with Crippen LogP contribution in [0.1, 0.15) is 31.2 Å². The molecule has 4 rings (SSSR count). The van der Waals surface area contributed by atoms with Gasteiger partial charge in [0.25, 0.3) is 5.91 Å². The summed E-state index contributed by atoms with van der Waals surface area (Å²) in [6.07, 6.45) is 1.62. The van der Waals surface area contributed by atoms with Gasteiger partial charge >= 0.3 is 0 Å². The van der Waals surface area contributed by atoms with Crippen molar-refractivity contribution in [3.05, 3.63) is 80.6 Å². The number of Topliss-reactive ketones (excluding diaryl/α,β-unsaturated/α-hetero) is 1. The average molecular weight is 439 g/mol. The normalized spacial score (nSPS) is 13.3. The van der Waals surface area contributed by atoms with Crippen LogP contribution in [0, 0.1) is 0 Å². The van der Waals surface area contributed by atoms with Gasteiger partial charge in [-0.15, -0.1) is 11.3 Å². The third-order valence-corrected chi connectivity index (χ3v) is 5.98. The molecule has 0 saturated heterocycles. The number of ketones is 1. The van der Waals surface area contributed by atoms with E-state index in [-0.39, 0.29) is 18.1 Å². The van der Waals surface area contributed by atoms with Gasteiger partial charge in [-0.1, -0.05) is 35.9 Å². The maximum atomic E-state index is 12.8. The number of rotatable bonds is 6. The summed E-state index contributed by atoms with van der Waals surface area (Å²) >= 11 is 7.12. The van der Waals surface area contributed by atoms with Gasteiger partial charge in [-0.05, 0) is 29.1 Å². The van der Waals surface area contributed by atoms with Gasteiger partial charge in [-0.2, -0.15) is 0 Å². The third kappa shape index (κ3) is 4.42. The van der Waals surface area contributed by atoms with Gasteiger partial charge in [0.2, 0.25) is 0 Å². The van der Waals surface area contributed by atoms with Crippen molar-refractivity contribution in [2.75, 3.05) is 25.5 Å². The Labute approximate surface area is 183 Å². The summed E-state index contributed by atoms with van der Waals surface area (Å²) in [5.41, 5.74) is 2.30. The molecule has 1 N–H and O–H groups in total. The number of nitrogens with one attached hydrogen (secondary N) is 1. The molecule has 0 unspecified atom stereocenters. The van der Waals surface area contributed by atoms with Crippen LogP contribution in [0.25, 0.3) is 0 Å². The molecule has 1 aliphatic heterocycles. The quantitative estimate of drug-likeness (QED) is 0.586. The number of amidine groups is 1. The van der Waals surface area contributed by atoms with Crippen molar-refractivity contribution >= 4 is 46.3 Å². The number of hydrogen-bond acceptors (Lipinski definition) is 6. The monoisotopic (exact) mass is 438 g/mol. The number of thiophene rings is 1. The fraction of sp³-hybridized carbons (Fsp3) is 0.182. The minimum atomic E-state index is -0.291. The Morgan fingerprint density at radius 3 is 2.63 bits per heavy atom. The second-order valence-corrected chi connectivity index (χ2v) is 8.25. The number of carbonyl (C=O) groups is 2. The largest absolute Gasteiger partial charge is 0.358 e. The Balaban J connectivity index is 1.45. The van der Waals surface area contributed by atoms with E-state index < -0.39 is 0 Å². The fourth-order valence-electron chi connectivity index (χ4n) is 3.22. The lowest BCUT2D eigenvalue weighted by atomic mass is 10.0. The second-order valence-electron chi connectivity index (χ2n) is 6.89. The molecule has 3 heterocycles. The van der Waals surface area contributed by atoms with Gasteiger partial charge < -0.3 is 10.2 Å². The van der Waals surface area contributed by atoms with E-state index in [0.29, 0.717) is 26.8 Å². The van der Waals surface area contributed by atoms with Crippen LogP contribution in [0.5, 0.6) is 0 Å². The molecule has 0 spiro atoms. The first-order valence-corrected chi connectivity index (χ1v) is 10.7. The molecule has 0 bridgehead atoms. The number of halogens is 1. The summed E-state index contributed by atoms with van der Waals surface area (Å²) < 4.78 is 0. The first kappa shape index (κ1) is 20.3. The van der Waals surface area contributed by atoms with E-state index in [1.54, 1.807) is 12.1 Å². The van der Waals surface area contributed by atoms with Gasteiger partial charge in [-0.3, -0.25) is 14.6 Å². The third-order valence-electron chi connectivity index (χ3n) is 4.80. The van der Waals surface area contributed by atoms with Crippen LogP contribution < -0.4 is 5.32 Å². The van der Waals surface area contributed by atoms with Crippen LogP contribution in [0.4, 0.5) is 5.82 Å². The SMILES string of the molecule is CN1CCN=C1c1ccc(C(=O)Cc2ccsc2C(=O)Nc2ccc(Cl)cn2)cc1. The number of carbonyl (C=O) groups excluding carboxylic acids is 2. The highest BCUT2D eigenvalue weighted by atomic mass is 35.5. The van der Waals surface area contributed by atoms with Crippen molar-refractivity contribution in [3.8, 4) is 0 Å². The molecular formula is C22H19ClN4O2S. The van der Waals surface area contributed by atoms with E-state index in [9.17, 15) is 9.59 Å². The van der Waals surface area contributed by atoms with Crippen LogP contribution in [0.2, 0.25) is 5.02 Å². The maximum absolute atomic E-state index is 12.8. The fourth-order valence-corrected chi connectivity index (χ4v) is 4.15. The molecule has 0 saturated carbocycles. The molecule has 0 fully saturated rings. The van der Waals surface area contributed by atoms with Crippen molar-refractivity contribution in [3.63, 3.8) is 0 Å². The number of hydrogen-bond donors (Lipinski definition) is 1. The first-order valence-electron chi connectivity index (χ1n) is 9.40. The van der Waals surface area contributed by atoms with Crippen molar-refractivity contribution in [2.24, 2.45) is 4.99 Å². The number of benzene rings is 1. The molecule has 0 aliphatic carbocycles. The summed E-state index contributed by atoms with van der Waals surface area (Å²) in [5.74, 6) is 1.02. The molecule has 0 radical (unpaired) electrons. The van der Waals surface area contributed by atoms with E-state index in [4.69, 9.17) is 11.6 Å². The summed E-state index contributed by atoms with van der Waals surface area (Å²) in [6, 6.07) is 12.6. The van der Waals surface area contributed by atoms with Crippen molar-refractivity contribution in [2.45, 2.75) is 6.42 Å². The van der Waals surface area contributed by atoms with Gasteiger partial charge in [0.1, 0.15) is 11.7 Å². The second kappa shape index (κ2) is 8.77. The zero-order valence-electron chi connectivity index (χ0n) is 16.3. The van der Waals surface area contributed by atoms with Crippen LogP contribution in [0.3, 0.4) is 0 Å². The summed E-state index contributed by atoms with van der Waals surface area (Å²) in [6.45, 7) is 1.70. The zero-order valence-corrected chi connectivity index (χ0v) is 17.8. The van der Waals surface area contributed by atoms with Gasteiger partial charge in [-0.25, -0.2) is 4.98 Å². The number of aromatic nitrogens is 1. The topological polar surface area (TPSA) is 74.7 Å². The molecule has 1 aliphatic rings. The number of pyridine rings is 1. The van der Waals surface area contributed by atoms with E-state index in [1.807, 2.05) is 42.8 Å². The molecule has 30 heavy (non-hydrogen) atoms. The Morgan fingerprint density at radius 1 is 1.17 bits per heavy atom. The smallest absolute Gasteiger partial charge is 0.267 e. The molecule has 152 valence electrons. The molecule has 6 nitrogen and oxygen atoms in total. The molecule has 1 amide bonds. The Kier molecular flexibility index (Phi) is 5.92. The van der Waals surface area contributed by atoms with Crippen LogP contribution in [0.15, 0.2) is 59.0 Å². The Hall–Kier alpha value is -3.03. The van der Waals surface area contributed by atoms with E-state index in [2.05, 4.69) is 20.2 Å². The number of likely N-dealkylation sites (N-methyl/N-ethyl adjacent to an activating group) is 1. The average Bonchev–Trinajstić information content (AvgIpc) is 3.38. The van der Waals surface area contributed by atoms with E-state index in [0.717, 1.165) is 24.5 Å². The lowest BCUT2D eigenvalue weighted by molar-refractivity contribution is 0.0993. The number of amides is 1. The summed E-state index contributed by atoms with van der Waals surface area (Å²) in [4.78, 5) is 36.6. The number of nitrogens with zero attached hydrogens (tertiary/aromatic N) is 3. The minimum Gasteiger partial charge on any atom is -0.358 e. The van der Waals surface area contributed by atoms with Gasteiger partial charge in [0.05, 0.1) is 16.4 Å². The van der Waals surface area contributed by atoms with Crippen molar-refractivity contribution in [1.29, 1.82) is 0 Å². The molecule has 3 aromatic rings. The standard InChI is InChI=1S/C22H19ClN4O2S/c1-27-10-9-24-21(27)15-4-2-14(3-5-15)18(28)12-16-8-11-30-20(16)22(29)26-19-7-6-17(23)13-25-19/h2-8,11,13H,9-10,12H2,1H3,(H,25,26,29). The summed E-state index contributed by atoms with van der Waals surface area (Å²) in [7, 11) is 2.01. The Bertz CT molecular complexity index is 1110. The highest BCUT2D eigenvalue weighted by Crippen LogP contribution is 2.21. The lowest BCUT2D eigenvalue weighted by Gasteiger charge is -2.13. The predicted molar refractivity (Wildman–Crippen MR) is 120 cm³/mol. The highest BCUT2D eigenvalue weighted by Gasteiger charge is 2.18. The highest BCUT2D eigenvalue weighted by molar-refractivity contribution is 7.12. The molecule has 2 aromatic heterocycles. The van der Waals surface area contributed by atoms with Crippen LogP contribution in [-0.4, -0.2) is 47.5 Å². The molecule has 8 heteroatoms. The van der Waals surface area contributed by atoms with Crippen molar-refractivity contribution < 1.29 is 9.59 Å². The van der Waals surface area contributed by atoms with Gasteiger partial charge in [0, 0.05) is 37.3 Å². The van der Waals surface area contributed by atoms with Crippen LogP contribution >= 0.6 is 22.9 Å². The van der Waals surface area contributed by atoms with Crippen molar-refractivity contribution in [1.82, 2.24) is 9.88 Å². The maximum Gasteiger partial charge on any atom is 0.267 e. The minimum absolute atomic E-state index is 0.0414.